The molecule has 17 heteroatoms. The van der Waals surface area contributed by atoms with Crippen molar-refractivity contribution in [2.24, 2.45) is 0 Å². The molecule has 0 bridgehead atoms. The first-order valence-electron chi connectivity index (χ1n) is 12.6. The average Bonchev–Trinajstić information content (AvgIpc) is 2.92. The Balaban J connectivity index is 1.74. The average molecular weight is 621 g/mol. The highest BCUT2D eigenvalue weighted by Crippen LogP contribution is 2.42. The molecule has 5 atom stereocenters. The van der Waals surface area contributed by atoms with E-state index in [-0.39, 0.29) is 33.8 Å². The van der Waals surface area contributed by atoms with Crippen molar-refractivity contribution >= 4 is 34.8 Å². The number of aliphatic hydroxyl groups excluding tert-OH is 2. The van der Waals surface area contributed by atoms with Crippen LogP contribution in [0.2, 0.25) is 0 Å². The fourth-order valence-electron chi connectivity index (χ4n) is 4.21. The van der Waals surface area contributed by atoms with Crippen molar-refractivity contribution in [2.75, 3.05) is 6.61 Å². The number of rotatable bonds is 10. The summed E-state index contributed by atoms with van der Waals surface area (Å²) in [5, 5.41) is 79.5. The molecular weight excluding hydrogens is 596 g/mol. The van der Waals surface area contributed by atoms with Crippen molar-refractivity contribution < 1.29 is 83.4 Å². The van der Waals surface area contributed by atoms with Crippen LogP contribution in [0.1, 0.15) is 12.8 Å². The third-order valence-electron chi connectivity index (χ3n) is 6.21. The SMILES string of the molecule is O=C(O)CC(=O)OC[C@H]1O[C@@H](Oc2cc3c(O)cc(O)cc3[o+]c2-c2ccc(O)c(O)c2)[C@H](O)[C@@H](OC(=O)CC(=O)O)[C@@H]1O. The number of aliphatic carboxylic acids is 2. The summed E-state index contributed by atoms with van der Waals surface area (Å²) in [6, 6.07) is 6.77. The summed E-state index contributed by atoms with van der Waals surface area (Å²) in [6.07, 6.45) is -11.6. The molecule has 1 fully saturated rings. The van der Waals surface area contributed by atoms with Crippen LogP contribution in [0.3, 0.4) is 0 Å². The molecule has 17 nitrogen and oxygen atoms in total. The molecule has 0 amide bonds. The Bertz CT molecular complexity index is 1600. The second kappa shape index (κ2) is 12.9. The smallest absolute Gasteiger partial charge is 0.402 e. The van der Waals surface area contributed by atoms with E-state index in [4.69, 9.17) is 33.6 Å². The van der Waals surface area contributed by atoms with Gasteiger partial charge in [-0.15, -0.1) is 0 Å². The van der Waals surface area contributed by atoms with Crippen molar-refractivity contribution in [2.45, 2.75) is 43.5 Å². The molecule has 0 unspecified atom stereocenters. The highest BCUT2D eigenvalue weighted by atomic mass is 16.7. The lowest BCUT2D eigenvalue weighted by Gasteiger charge is -2.41. The van der Waals surface area contributed by atoms with E-state index < -0.39 is 91.3 Å². The number of carboxylic acid groups (broad SMARTS) is 2. The molecule has 44 heavy (non-hydrogen) atoms. The third-order valence-corrected chi connectivity index (χ3v) is 6.21. The minimum atomic E-state index is -2.04. The molecule has 8 N–H and O–H groups in total. The summed E-state index contributed by atoms with van der Waals surface area (Å²) in [5.41, 5.74) is -0.0180. The maximum atomic E-state index is 12.1. The summed E-state index contributed by atoms with van der Waals surface area (Å²) in [4.78, 5) is 45.7. The molecule has 0 radical (unpaired) electrons. The number of ether oxygens (including phenoxy) is 4. The van der Waals surface area contributed by atoms with Gasteiger partial charge in [-0.25, -0.2) is 4.42 Å². The summed E-state index contributed by atoms with van der Waals surface area (Å²) >= 11 is 0. The highest BCUT2D eigenvalue weighted by Gasteiger charge is 2.49. The molecule has 0 aliphatic carbocycles. The fourth-order valence-corrected chi connectivity index (χ4v) is 4.21. The number of carbonyl (C=O) groups is 4. The van der Waals surface area contributed by atoms with Gasteiger partial charge in [0.05, 0.1) is 11.6 Å². The lowest BCUT2D eigenvalue weighted by Crippen LogP contribution is -2.61. The zero-order valence-electron chi connectivity index (χ0n) is 22.2. The molecule has 4 rings (SSSR count). The zero-order valence-corrected chi connectivity index (χ0v) is 22.2. The van der Waals surface area contributed by atoms with Gasteiger partial charge in [0.1, 0.15) is 48.5 Å². The van der Waals surface area contributed by atoms with Gasteiger partial charge >= 0.3 is 35.2 Å². The van der Waals surface area contributed by atoms with E-state index >= 15 is 0 Å². The summed E-state index contributed by atoms with van der Waals surface area (Å²) in [5.74, 6) is -8.13. The number of carboxylic acids is 2. The predicted molar refractivity (Wildman–Crippen MR) is 139 cm³/mol. The maximum Gasteiger partial charge on any atom is 0.402 e. The van der Waals surface area contributed by atoms with Crippen LogP contribution in [0, 0.1) is 0 Å². The van der Waals surface area contributed by atoms with Crippen LogP contribution < -0.4 is 4.74 Å². The normalized spacial score (nSPS) is 21.4. The van der Waals surface area contributed by atoms with E-state index in [0.29, 0.717) is 0 Å². The number of esters is 2. The van der Waals surface area contributed by atoms with Crippen molar-refractivity contribution in [1.82, 2.24) is 0 Å². The molecule has 1 aromatic heterocycles. The second-order valence-corrected chi connectivity index (χ2v) is 9.44. The lowest BCUT2D eigenvalue weighted by atomic mass is 9.98. The van der Waals surface area contributed by atoms with Gasteiger partial charge in [0, 0.05) is 18.2 Å². The number of aliphatic hydroxyl groups is 2. The van der Waals surface area contributed by atoms with Gasteiger partial charge in [0.25, 0.3) is 0 Å². The van der Waals surface area contributed by atoms with Crippen LogP contribution in [-0.2, 0) is 33.4 Å². The van der Waals surface area contributed by atoms with Gasteiger partial charge < -0.3 is 59.8 Å². The maximum absolute atomic E-state index is 12.1. The number of benzene rings is 2. The summed E-state index contributed by atoms with van der Waals surface area (Å²) < 4.78 is 27.0. The number of carbonyl (C=O) groups excluding carboxylic acids is 2. The predicted octanol–water partition coefficient (Wildman–Crippen LogP) is 0.433. The number of hydrogen-bond donors (Lipinski definition) is 8. The number of hydrogen-bond acceptors (Lipinski definition) is 14. The third kappa shape index (κ3) is 7.14. The monoisotopic (exact) mass is 621 g/mol. The van der Waals surface area contributed by atoms with E-state index in [1.807, 2.05) is 0 Å². The van der Waals surface area contributed by atoms with Gasteiger partial charge in [-0.3, -0.25) is 19.2 Å². The molecule has 1 aliphatic heterocycles. The molecule has 3 aromatic rings. The van der Waals surface area contributed by atoms with Crippen LogP contribution >= 0.6 is 0 Å². The first-order valence-corrected chi connectivity index (χ1v) is 12.6. The van der Waals surface area contributed by atoms with E-state index in [9.17, 15) is 49.8 Å². The Morgan fingerprint density at radius 3 is 2.16 bits per heavy atom. The molecule has 0 spiro atoms. The lowest BCUT2D eigenvalue weighted by molar-refractivity contribution is -0.282. The molecule has 2 heterocycles. The quantitative estimate of drug-likeness (QED) is 0.0659. The summed E-state index contributed by atoms with van der Waals surface area (Å²) in [7, 11) is 0. The Labute approximate surface area is 245 Å². The fraction of sp³-hybridized carbons (Fsp3) is 0.296. The van der Waals surface area contributed by atoms with Crippen LogP contribution in [-0.4, -0.2) is 102 Å². The first-order chi connectivity index (χ1) is 20.7. The Hall–Kier alpha value is -5.39. The van der Waals surface area contributed by atoms with Crippen LogP contribution in [0.4, 0.5) is 0 Å². The van der Waals surface area contributed by atoms with Gasteiger partial charge in [-0.05, 0) is 12.1 Å². The van der Waals surface area contributed by atoms with Crippen molar-refractivity contribution in [3.63, 3.8) is 0 Å². The minimum absolute atomic E-state index is 0.0292. The zero-order chi connectivity index (χ0) is 32.3. The van der Waals surface area contributed by atoms with Crippen molar-refractivity contribution in [3.8, 4) is 40.1 Å². The number of phenolic OH excluding ortho intramolecular Hbond substituents is 4. The van der Waals surface area contributed by atoms with Crippen LogP contribution in [0.25, 0.3) is 22.3 Å². The molecule has 1 aliphatic rings. The van der Waals surface area contributed by atoms with E-state index in [1.165, 1.54) is 12.1 Å². The molecule has 1 saturated heterocycles. The van der Waals surface area contributed by atoms with Crippen LogP contribution in [0.5, 0.6) is 28.7 Å². The minimum Gasteiger partial charge on any atom is -0.507 e. The summed E-state index contributed by atoms with van der Waals surface area (Å²) in [6.45, 7) is -0.826. The van der Waals surface area contributed by atoms with E-state index in [1.54, 1.807) is 0 Å². The van der Waals surface area contributed by atoms with Crippen molar-refractivity contribution in [1.29, 1.82) is 0 Å². The standard InChI is InChI=1S/C27H24O17/c28-11-4-14(30)12-6-17(25(41-16(12)5-11)10-1-2-13(29)15(31)3-10)42-27-24(39)26(44-22(37)8-20(34)35)23(38)18(43-27)9-40-21(36)7-19(32)33/h1-6,18,23-24,26-27,38-39H,7-9H2,(H5-,28,29,30,31,32,33,34,35)/p+1/t18-,23-,24-,26+,27-/m1/s1. The van der Waals surface area contributed by atoms with Crippen LogP contribution in [0.15, 0.2) is 40.8 Å². The molecule has 234 valence electrons. The topological polar surface area (TPSA) is 278 Å². The van der Waals surface area contributed by atoms with E-state index in [2.05, 4.69) is 0 Å². The number of phenols is 4. The highest BCUT2D eigenvalue weighted by molar-refractivity contribution is 5.91. The van der Waals surface area contributed by atoms with Gasteiger partial charge in [0.15, 0.2) is 23.7 Å². The molecule has 0 saturated carbocycles. The van der Waals surface area contributed by atoms with Crippen molar-refractivity contribution in [3.05, 3.63) is 36.4 Å². The van der Waals surface area contributed by atoms with Gasteiger partial charge in [-0.2, -0.15) is 0 Å². The largest absolute Gasteiger partial charge is 0.507 e. The number of fused-ring (bicyclic) bond motifs is 1. The number of aromatic hydroxyl groups is 4. The molecule has 2 aromatic carbocycles. The molecular formula is C27H25O17+. The Morgan fingerprint density at radius 2 is 1.50 bits per heavy atom. The van der Waals surface area contributed by atoms with E-state index in [0.717, 1.165) is 24.3 Å². The Kier molecular flexibility index (Phi) is 9.22. The van der Waals surface area contributed by atoms with Gasteiger partial charge in [0.2, 0.25) is 12.0 Å². The first kappa shape index (κ1) is 31.5. The van der Waals surface area contributed by atoms with Gasteiger partial charge in [-0.1, -0.05) is 0 Å². The second-order valence-electron chi connectivity index (χ2n) is 9.44. The Morgan fingerprint density at radius 1 is 0.818 bits per heavy atom.